The number of aliphatic hydroxyl groups excluding tert-OH is 1. The van der Waals surface area contributed by atoms with Gasteiger partial charge in [0.15, 0.2) is 0 Å². The first-order valence-electron chi connectivity index (χ1n) is 9.09. The van der Waals surface area contributed by atoms with E-state index in [-0.39, 0.29) is 22.9 Å². The maximum Gasteiger partial charge on any atom is 0.139 e. The molecule has 22 heavy (non-hydrogen) atoms. The molecule has 4 aliphatic carbocycles. The van der Waals surface area contributed by atoms with Crippen molar-refractivity contribution in [2.24, 2.45) is 34.5 Å². The summed E-state index contributed by atoms with van der Waals surface area (Å²) >= 11 is 0. The van der Waals surface area contributed by atoms with Crippen molar-refractivity contribution < 1.29 is 14.7 Å². The summed E-state index contributed by atoms with van der Waals surface area (Å²) in [5, 5.41) is 10.8. The minimum atomic E-state index is -0.353. The highest BCUT2D eigenvalue weighted by molar-refractivity contribution is 5.87. The van der Waals surface area contributed by atoms with Gasteiger partial charge in [-0.3, -0.25) is 9.59 Å². The molecule has 0 radical (unpaired) electrons. The zero-order valence-electron chi connectivity index (χ0n) is 13.8. The van der Waals surface area contributed by atoms with Crippen LogP contribution in [0.1, 0.15) is 65.2 Å². The fourth-order valence-electron chi connectivity index (χ4n) is 6.86. The van der Waals surface area contributed by atoms with Crippen molar-refractivity contribution in [2.75, 3.05) is 0 Å². The van der Waals surface area contributed by atoms with Gasteiger partial charge in [-0.1, -0.05) is 13.8 Å². The van der Waals surface area contributed by atoms with Crippen molar-refractivity contribution in [1.29, 1.82) is 0 Å². The smallest absolute Gasteiger partial charge is 0.139 e. The number of carbonyl (C=O) groups is 2. The van der Waals surface area contributed by atoms with E-state index in [0.29, 0.717) is 42.2 Å². The van der Waals surface area contributed by atoms with Gasteiger partial charge in [-0.05, 0) is 61.2 Å². The van der Waals surface area contributed by atoms with Gasteiger partial charge in [0.05, 0.1) is 6.10 Å². The van der Waals surface area contributed by atoms with Crippen LogP contribution in [0.4, 0.5) is 0 Å². The van der Waals surface area contributed by atoms with Gasteiger partial charge in [0, 0.05) is 24.7 Å². The molecule has 4 saturated carbocycles. The average molecular weight is 304 g/mol. The standard InChI is InChI=1S/C19H28O3/c1-18-7-5-11(20)9-15(18)16(21)10-12-13-3-4-17(22)19(13,2)8-6-14(12)18/h12-16,21H,3-10H2,1-2H3/t12-,13-,14+,15?,16?,18+,19-/m0/s1. The quantitative estimate of drug-likeness (QED) is 0.748. The molecular weight excluding hydrogens is 276 g/mol. The van der Waals surface area contributed by atoms with E-state index in [1.807, 2.05) is 0 Å². The SMILES string of the molecule is C[C@]12CCC(=O)CC1C(O)C[C@@H]1[C@H]2CC[C@]2(C)C(=O)CC[C@@H]12. The summed E-state index contributed by atoms with van der Waals surface area (Å²) in [5.74, 6) is 2.47. The topological polar surface area (TPSA) is 54.4 Å². The van der Waals surface area contributed by atoms with Crippen LogP contribution in [0.5, 0.6) is 0 Å². The third-order valence-corrected chi connectivity index (χ3v) is 8.21. The molecule has 7 atom stereocenters. The normalized spacial score (nSPS) is 54.6. The summed E-state index contributed by atoms with van der Waals surface area (Å²) in [6.07, 6.45) is 6.53. The molecule has 0 bridgehead atoms. The Morgan fingerprint density at radius 3 is 2.55 bits per heavy atom. The number of hydrogen-bond acceptors (Lipinski definition) is 3. The second-order valence-electron chi connectivity index (χ2n) is 8.95. The van der Waals surface area contributed by atoms with Crippen molar-refractivity contribution in [3.05, 3.63) is 0 Å². The summed E-state index contributed by atoms with van der Waals surface area (Å²) in [6.45, 7) is 4.50. The molecule has 0 aromatic heterocycles. The Bertz CT molecular complexity index is 527. The lowest BCUT2D eigenvalue weighted by atomic mass is 9.44. The zero-order chi connectivity index (χ0) is 15.7. The molecular formula is C19H28O3. The Kier molecular flexibility index (Phi) is 3.15. The maximum atomic E-state index is 12.4. The van der Waals surface area contributed by atoms with Crippen LogP contribution in [0.15, 0.2) is 0 Å². The summed E-state index contributed by atoms with van der Waals surface area (Å²) in [5.41, 5.74) is -0.0300. The van der Waals surface area contributed by atoms with Crippen molar-refractivity contribution in [2.45, 2.75) is 71.3 Å². The van der Waals surface area contributed by atoms with Crippen LogP contribution in [-0.4, -0.2) is 22.8 Å². The molecule has 0 aliphatic heterocycles. The second-order valence-corrected chi connectivity index (χ2v) is 8.95. The Morgan fingerprint density at radius 2 is 1.77 bits per heavy atom. The molecule has 0 saturated heterocycles. The molecule has 4 rings (SSSR count). The van der Waals surface area contributed by atoms with E-state index < -0.39 is 0 Å². The molecule has 122 valence electrons. The molecule has 0 aromatic rings. The van der Waals surface area contributed by atoms with Crippen molar-refractivity contribution in [3.63, 3.8) is 0 Å². The Hall–Kier alpha value is -0.700. The van der Waals surface area contributed by atoms with Gasteiger partial charge in [0.2, 0.25) is 0 Å². The van der Waals surface area contributed by atoms with Gasteiger partial charge in [-0.2, -0.15) is 0 Å². The number of fused-ring (bicyclic) bond motifs is 5. The van der Waals surface area contributed by atoms with Crippen molar-refractivity contribution in [3.8, 4) is 0 Å². The van der Waals surface area contributed by atoms with Crippen LogP contribution >= 0.6 is 0 Å². The van der Waals surface area contributed by atoms with Crippen LogP contribution in [0.3, 0.4) is 0 Å². The molecule has 0 amide bonds. The van der Waals surface area contributed by atoms with Crippen LogP contribution in [0, 0.1) is 34.5 Å². The lowest BCUT2D eigenvalue weighted by molar-refractivity contribution is -0.165. The largest absolute Gasteiger partial charge is 0.393 e. The third kappa shape index (κ3) is 1.78. The van der Waals surface area contributed by atoms with Gasteiger partial charge in [0.25, 0.3) is 0 Å². The predicted molar refractivity (Wildman–Crippen MR) is 83.1 cm³/mol. The molecule has 4 fully saturated rings. The first-order chi connectivity index (χ1) is 10.4. The fraction of sp³-hybridized carbons (Fsp3) is 0.895. The van der Waals surface area contributed by atoms with Gasteiger partial charge in [0.1, 0.15) is 11.6 Å². The summed E-state index contributed by atoms with van der Waals surface area (Å²) in [7, 11) is 0. The summed E-state index contributed by atoms with van der Waals surface area (Å²) in [4.78, 5) is 24.3. The van der Waals surface area contributed by atoms with E-state index in [1.165, 1.54) is 0 Å². The van der Waals surface area contributed by atoms with Crippen LogP contribution in [-0.2, 0) is 9.59 Å². The van der Waals surface area contributed by atoms with E-state index in [2.05, 4.69) is 13.8 Å². The summed E-state index contributed by atoms with van der Waals surface area (Å²) in [6, 6.07) is 0. The van der Waals surface area contributed by atoms with E-state index in [0.717, 1.165) is 38.5 Å². The zero-order valence-corrected chi connectivity index (χ0v) is 13.8. The van der Waals surface area contributed by atoms with Crippen molar-refractivity contribution >= 4 is 11.6 Å². The number of Topliss-reactive ketones (excluding diaryl/α,β-unsaturated/α-hetero) is 2. The minimum absolute atomic E-state index is 0.100. The molecule has 0 spiro atoms. The van der Waals surface area contributed by atoms with Crippen LogP contribution < -0.4 is 0 Å². The number of ketones is 2. The molecule has 4 aliphatic rings. The molecule has 2 unspecified atom stereocenters. The first kappa shape index (κ1) is 14.9. The maximum absolute atomic E-state index is 12.4. The van der Waals surface area contributed by atoms with E-state index in [4.69, 9.17) is 0 Å². The van der Waals surface area contributed by atoms with Gasteiger partial charge < -0.3 is 5.11 Å². The van der Waals surface area contributed by atoms with E-state index >= 15 is 0 Å². The van der Waals surface area contributed by atoms with Crippen LogP contribution in [0.25, 0.3) is 0 Å². The lowest BCUT2D eigenvalue weighted by Crippen LogP contribution is -2.57. The van der Waals surface area contributed by atoms with E-state index in [1.54, 1.807) is 0 Å². The van der Waals surface area contributed by atoms with E-state index in [9.17, 15) is 14.7 Å². The number of aliphatic hydroxyl groups is 1. The Labute approximate surface area is 132 Å². The summed E-state index contributed by atoms with van der Waals surface area (Å²) < 4.78 is 0. The molecule has 0 heterocycles. The monoisotopic (exact) mass is 304 g/mol. The molecule has 3 heteroatoms. The predicted octanol–water partition coefficient (Wildman–Crippen LogP) is 3.14. The lowest BCUT2D eigenvalue weighted by Gasteiger charge is -2.60. The Morgan fingerprint density at radius 1 is 1.00 bits per heavy atom. The highest BCUT2D eigenvalue weighted by Gasteiger charge is 2.62. The first-order valence-corrected chi connectivity index (χ1v) is 9.09. The molecule has 3 nitrogen and oxygen atoms in total. The second kappa shape index (κ2) is 4.66. The Balaban J connectivity index is 1.69. The molecule has 1 N–H and O–H groups in total. The fourth-order valence-corrected chi connectivity index (χ4v) is 6.86. The van der Waals surface area contributed by atoms with Crippen LogP contribution in [0.2, 0.25) is 0 Å². The van der Waals surface area contributed by atoms with Gasteiger partial charge in [-0.15, -0.1) is 0 Å². The van der Waals surface area contributed by atoms with Gasteiger partial charge >= 0.3 is 0 Å². The number of hydrogen-bond donors (Lipinski definition) is 1. The third-order valence-electron chi connectivity index (χ3n) is 8.21. The average Bonchev–Trinajstić information content (AvgIpc) is 2.77. The number of carbonyl (C=O) groups excluding carboxylic acids is 2. The highest BCUT2D eigenvalue weighted by atomic mass is 16.3. The number of rotatable bonds is 0. The molecule has 0 aromatic carbocycles. The highest BCUT2D eigenvalue weighted by Crippen LogP contribution is 2.65. The minimum Gasteiger partial charge on any atom is -0.393 e. The van der Waals surface area contributed by atoms with Gasteiger partial charge in [-0.25, -0.2) is 0 Å². The van der Waals surface area contributed by atoms with Crippen molar-refractivity contribution in [1.82, 2.24) is 0 Å².